The normalized spacial score (nSPS) is 14.0. The second-order valence-corrected chi connectivity index (χ2v) is 9.61. The van der Waals surface area contributed by atoms with Crippen LogP contribution in [0.2, 0.25) is 15.1 Å². The van der Waals surface area contributed by atoms with Gasteiger partial charge in [-0.15, -0.1) is 11.3 Å². The summed E-state index contributed by atoms with van der Waals surface area (Å²) < 4.78 is 0. The molecule has 0 bridgehead atoms. The van der Waals surface area contributed by atoms with Crippen LogP contribution >= 0.6 is 46.1 Å². The quantitative estimate of drug-likeness (QED) is 0.400. The Balaban J connectivity index is 1.35. The van der Waals surface area contributed by atoms with Gasteiger partial charge in [0, 0.05) is 48.0 Å². The molecule has 0 radical (unpaired) electrons. The summed E-state index contributed by atoms with van der Waals surface area (Å²) in [5, 5.41) is 6.25. The summed E-state index contributed by atoms with van der Waals surface area (Å²) in [4.78, 5) is 29.6. The van der Waals surface area contributed by atoms with Crippen molar-refractivity contribution in [3.8, 4) is 0 Å². The minimum absolute atomic E-state index is 0.0711. The van der Waals surface area contributed by atoms with Crippen LogP contribution in [0, 0.1) is 0 Å². The van der Waals surface area contributed by atoms with E-state index in [-0.39, 0.29) is 11.8 Å². The molecule has 4 rings (SSSR count). The van der Waals surface area contributed by atoms with E-state index in [1.807, 2.05) is 34.5 Å². The second kappa shape index (κ2) is 10.6. The van der Waals surface area contributed by atoms with Crippen molar-refractivity contribution < 1.29 is 9.59 Å². The summed E-state index contributed by atoms with van der Waals surface area (Å²) in [6, 6.07) is 14.2. The Bertz CT molecular complexity index is 1190. The maximum Gasteiger partial charge on any atom is 0.264 e. The van der Waals surface area contributed by atoms with Gasteiger partial charge < -0.3 is 15.1 Å². The fourth-order valence-electron chi connectivity index (χ4n) is 3.53. The molecule has 5 nitrogen and oxygen atoms in total. The van der Waals surface area contributed by atoms with Crippen LogP contribution in [0.4, 0.5) is 11.4 Å². The SMILES string of the molecule is O=C(/C=C/c1ccc(Cl)cc1Cl)Nc1ccc(N2CCN(C(=O)c3cccs3)CC2)c(Cl)c1. The summed E-state index contributed by atoms with van der Waals surface area (Å²) in [5.74, 6) is -0.229. The lowest BCUT2D eigenvalue weighted by Gasteiger charge is -2.36. The van der Waals surface area contributed by atoms with E-state index in [0.717, 1.165) is 10.6 Å². The topological polar surface area (TPSA) is 52.7 Å². The number of carbonyl (C=O) groups excluding carboxylic acids is 2. The minimum Gasteiger partial charge on any atom is -0.367 e. The standard InChI is InChI=1S/C24H20Cl3N3O2S/c25-17-5-3-16(19(26)14-17)4-8-23(31)28-18-6-7-21(20(27)15-18)29-9-11-30(12-10-29)24(32)22-2-1-13-33-22/h1-8,13-15H,9-12H2,(H,28,31)/b8-4+. The molecule has 0 aliphatic carbocycles. The third-order valence-corrected chi connectivity index (χ3v) is 6.95. The molecule has 0 spiro atoms. The highest BCUT2D eigenvalue weighted by Gasteiger charge is 2.24. The molecule has 1 N–H and O–H groups in total. The summed E-state index contributed by atoms with van der Waals surface area (Å²) in [5.41, 5.74) is 2.16. The van der Waals surface area contributed by atoms with Gasteiger partial charge in [0.15, 0.2) is 0 Å². The Morgan fingerprint density at radius 1 is 0.939 bits per heavy atom. The van der Waals surface area contributed by atoms with Crippen molar-refractivity contribution in [3.05, 3.63) is 85.5 Å². The van der Waals surface area contributed by atoms with Gasteiger partial charge in [-0.25, -0.2) is 0 Å². The average Bonchev–Trinajstić information content (AvgIpc) is 3.33. The van der Waals surface area contributed by atoms with Gasteiger partial charge >= 0.3 is 0 Å². The number of hydrogen-bond acceptors (Lipinski definition) is 4. The fraction of sp³-hybridized carbons (Fsp3) is 0.167. The Kier molecular flexibility index (Phi) is 7.60. The van der Waals surface area contributed by atoms with Crippen molar-refractivity contribution in [2.75, 3.05) is 36.4 Å². The maximum absolute atomic E-state index is 12.5. The Labute approximate surface area is 211 Å². The van der Waals surface area contributed by atoms with Crippen LogP contribution in [-0.2, 0) is 4.79 Å². The zero-order chi connectivity index (χ0) is 23.4. The van der Waals surface area contributed by atoms with Gasteiger partial charge in [0.05, 0.1) is 15.6 Å². The predicted octanol–water partition coefficient (Wildman–Crippen LogP) is 6.32. The first-order valence-electron chi connectivity index (χ1n) is 10.2. The van der Waals surface area contributed by atoms with Crippen molar-refractivity contribution in [1.29, 1.82) is 0 Å². The number of nitrogens with one attached hydrogen (secondary N) is 1. The number of carbonyl (C=O) groups is 2. The predicted molar refractivity (Wildman–Crippen MR) is 138 cm³/mol. The summed E-state index contributed by atoms with van der Waals surface area (Å²) >= 11 is 20.0. The average molecular weight is 521 g/mol. The smallest absolute Gasteiger partial charge is 0.264 e. The highest BCUT2D eigenvalue weighted by atomic mass is 35.5. The molecular weight excluding hydrogens is 501 g/mol. The minimum atomic E-state index is -0.300. The van der Waals surface area contributed by atoms with Crippen molar-refractivity contribution in [2.24, 2.45) is 0 Å². The number of anilines is 2. The molecule has 1 aliphatic heterocycles. The van der Waals surface area contributed by atoms with Gasteiger partial charge in [-0.3, -0.25) is 9.59 Å². The van der Waals surface area contributed by atoms with Gasteiger partial charge in [-0.2, -0.15) is 0 Å². The lowest BCUT2D eigenvalue weighted by Crippen LogP contribution is -2.48. The van der Waals surface area contributed by atoms with E-state index >= 15 is 0 Å². The molecule has 1 aromatic heterocycles. The lowest BCUT2D eigenvalue weighted by atomic mass is 10.2. The highest BCUT2D eigenvalue weighted by Crippen LogP contribution is 2.30. The van der Waals surface area contributed by atoms with E-state index in [9.17, 15) is 9.59 Å². The molecule has 0 atom stereocenters. The van der Waals surface area contributed by atoms with Crippen molar-refractivity contribution in [1.82, 2.24) is 4.90 Å². The van der Waals surface area contributed by atoms with E-state index in [4.69, 9.17) is 34.8 Å². The zero-order valence-electron chi connectivity index (χ0n) is 17.4. The monoisotopic (exact) mass is 519 g/mol. The van der Waals surface area contributed by atoms with Crippen LogP contribution in [0.3, 0.4) is 0 Å². The maximum atomic E-state index is 12.5. The Morgan fingerprint density at radius 2 is 1.73 bits per heavy atom. The van der Waals surface area contributed by atoms with Crippen molar-refractivity contribution in [2.45, 2.75) is 0 Å². The van der Waals surface area contributed by atoms with E-state index < -0.39 is 0 Å². The number of hydrogen-bond donors (Lipinski definition) is 1. The van der Waals surface area contributed by atoms with Crippen LogP contribution in [-0.4, -0.2) is 42.9 Å². The number of piperazine rings is 1. The number of benzene rings is 2. The largest absolute Gasteiger partial charge is 0.367 e. The van der Waals surface area contributed by atoms with Crippen LogP contribution in [0.1, 0.15) is 15.2 Å². The molecule has 33 heavy (non-hydrogen) atoms. The molecule has 2 aromatic carbocycles. The Hall–Kier alpha value is -2.51. The van der Waals surface area contributed by atoms with Crippen molar-refractivity contribution in [3.63, 3.8) is 0 Å². The van der Waals surface area contributed by atoms with Gasteiger partial charge in [-0.05, 0) is 53.4 Å². The third kappa shape index (κ3) is 5.89. The molecule has 3 aromatic rings. The summed E-state index contributed by atoms with van der Waals surface area (Å²) in [6.45, 7) is 2.63. The van der Waals surface area contributed by atoms with Gasteiger partial charge in [0.1, 0.15) is 0 Å². The van der Waals surface area contributed by atoms with Gasteiger partial charge in [-0.1, -0.05) is 46.9 Å². The van der Waals surface area contributed by atoms with E-state index in [0.29, 0.717) is 52.5 Å². The number of rotatable bonds is 5. The fourth-order valence-corrected chi connectivity index (χ4v) is 5.00. The molecule has 0 unspecified atom stereocenters. The van der Waals surface area contributed by atoms with Crippen molar-refractivity contribution >= 4 is 75.4 Å². The third-order valence-electron chi connectivity index (χ3n) is 5.23. The first-order chi connectivity index (χ1) is 15.9. The molecule has 170 valence electrons. The van der Waals surface area contributed by atoms with Crippen LogP contribution in [0.5, 0.6) is 0 Å². The summed E-state index contributed by atoms with van der Waals surface area (Å²) in [6.07, 6.45) is 3.03. The molecule has 1 saturated heterocycles. The molecule has 2 heterocycles. The first-order valence-corrected chi connectivity index (χ1v) is 12.2. The number of halogens is 3. The molecular formula is C24H20Cl3N3O2S. The molecule has 1 aliphatic rings. The first kappa shape index (κ1) is 23.6. The number of thiophene rings is 1. The van der Waals surface area contributed by atoms with E-state index in [1.54, 1.807) is 30.3 Å². The highest BCUT2D eigenvalue weighted by molar-refractivity contribution is 7.12. The van der Waals surface area contributed by atoms with Gasteiger partial charge in [0.2, 0.25) is 5.91 Å². The molecule has 1 fully saturated rings. The van der Waals surface area contributed by atoms with Crippen LogP contribution in [0.25, 0.3) is 6.08 Å². The Morgan fingerprint density at radius 3 is 2.39 bits per heavy atom. The molecule has 0 saturated carbocycles. The number of nitrogens with zero attached hydrogens (tertiary/aromatic N) is 2. The number of amides is 2. The molecule has 9 heteroatoms. The van der Waals surface area contributed by atoms with E-state index in [1.165, 1.54) is 17.4 Å². The molecule has 2 amide bonds. The lowest BCUT2D eigenvalue weighted by molar-refractivity contribution is -0.111. The van der Waals surface area contributed by atoms with Crippen LogP contribution in [0.15, 0.2) is 60.0 Å². The van der Waals surface area contributed by atoms with Gasteiger partial charge in [0.25, 0.3) is 5.91 Å². The second-order valence-electron chi connectivity index (χ2n) is 7.41. The van der Waals surface area contributed by atoms with E-state index in [2.05, 4.69) is 10.2 Å². The zero-order valence-corrected chi connectivity index (χ0v) is 20.5. The summed E-state index contributed by atoms with van der Waals surface area (Å²) in [7, 11) is 0. The van der Waals surface area contributed by atoms with Crippen LogP contribution < -0.4 is 10.2 Å².